The molecule has 134 valence electrons. The summed E-state index contributed by atoms with van der Waals surface area (Å²) in [6, 6.07) is 10.8. The number of aromatic nitrogens is 2. The number of carbonyl (C=O) groups is 1. The highest BCUT2D eigenvalue weighted by Crippen LogP contribution is 2.16. The Balaban J connectivity index is 1.72. The van der Waals surface area contributed by atoms with E-state index in [0.29, 0.717) is 37.1 Å². The summed E-state index contributed by atoms with van der Waals surface area (Å²) in [6.45, 7) is 5.73. The summed E-state index contributed by atoms with van der Waals surface area (Å²) in [7, 11) is 1.63. The Morgan fingerprint density at radius 2 is 1.80 bits per heavy atom. The van der Waals surface area contributed by atoms with Crippen LogP contribution in [0.2, 0.25) is 0 Å². The van der Waals surface area contributed by atoms with Gasteiger partial charge in [0.1, 0.15) is 23.9 Å². The summed E-state index contributed by atoms with van der Waals surface area (Å²) in [6.07, 6.45) is 0. The third kappa shape index (κ3) is 6.29. The second kappa shape index (κ2) is 9.46. The molecular formula is C18H24N4O3. The number of anilines is 1. The third-order valence-electron chi connectivity index (χ3n) is 3.30. The number of methoxy groups -OCH3 is 1. The van der Waals surface area contributed by atoms with Crippen LogP contribution in [0.15, 0.2) is 36.4 Å². The molecule has 0 atom stereocenters. The van der Waals surface area contributed by atoms with Gasteiger partial charge in [0.2, 0.25) is 0 Å². The summed E-state index contributed by atoms with van der Waals surface area (Å²) in [5, 5.41) is 13.8. The van der Waals surface area contributed by atoms with Crippen molar-refractivity contribution in [3.63, 3.8) is 0 Å². The molecule has 7 heteroatoms. The quantitative estimate of drug-likeness (QED) is 0.679. The molecule has 0 spiro atoms. The van der Waals surface area contributed by atoms with E-state index in [1.165, 1.54) is 0 Å². The van der Waals surface area contributed by atoms with E-state index >= 15 is 0 Å². The molecule has 1 aromatic carbocycles. The maximum absolute atomic E-state index is 11.9. The van der Waals surface area contributed by atoms with E-state index in [4.69, 9.17) is 9.47 Å². The monoisotopic (exact) mass is 344 g/mol. The van der Waals surface area contributed by atoms with Crippen LogP contribution in [0.4, 0.5) is 5.82 Å². The Hall–Kier alpha value is -2.83. The van der Waals surface area contributed by atoms with Crippen molar-refractivity contribution < 1.29 is 14.3 Å². The van der Waals surface area contributed by atoms with E-state index in [0.717, 1.165) is 11.5 Å². The van der Waals surface area contributed by atoms with Gasteiger partial charge in [-0.3, -0.25) is 4.79 Å². The third-order valence-corrected chi connectivity index (χ3v) is 3.30. The van der Waals surface area contributed by atoms with Crippen molar-refractivity contribution in [3.05, 3.63) is 42.1 Å². The predicted molar refractivity (Wildman–Crippen MR) is 96.2 cm³/mol. The number of benzene rings is 1. The van der Waals surface area contributed by atoms with Gasteiger partial charge in [-0.25, -0.2) is 0 Å². The van der Waals surface area contributed by atoms with Crippen LogP contribution >= 0.6 is 0 Å². The maximum atomic E-state index is 11.9. The van der Waals surface area contributed by atoms with Crippen LogP contribution in [-0.2, 0) is 0 Å². The Kier molecular flexibility index (Phi) is 7.00. The van der Waals surface area contributed by atoms with Crippen molar-refractivity contribution >= 4 is 11.7 Å². The lowest BCUT2D eigenvalue weighted by atomic mass is 10.2. The number of carbonyl (C=O) groups excluding carboxylic acids is 1. The van der Waals surface area contributed by atoms with Crippen molar-refractivity contribution in [2.45, 2.75) is 13.8 Å². The summed E-state index contributed by atoms with van der Waals surface area (Å²) >= 11 is 0. The first-order valence-electron chi connectivity index (χ1n) is 8.21. The maximum Gasteiger partial charge on any atom is 0.271 e. The average molecular weight is 344 g/mol. The molecule has 0 aliphatic rings. The van der Waals surface area contributed by atoms with Crippen LogP contribution < -0.4 is 20.1 Å². The van der Waals surface area contributed by atoms with E-state index in [1.54, 1.807) is 19.2 Å². The zero-order valence-electron chi connectivity index (χ0n) is 14.8. The van der Waals surface area contributed by atoms with Crippen LogP contribution in [-0.4, -0.2) is 42.9 Å². The Bertz CT molecular complexity index is 657. The zero-order chi connectivity index (χ0) is 18.1. The van der Waals surface area contributed by atoms with Gasteiger partial charge in [0, 0.05) is 6.54 Å². The molecule has 0 bridgehead atoms. The highest BCUT2D eigenvalue weighted by molar-refractivity contribution is 5.92. The SMILES string of the molecule is COc1ccc(OCCNc2ccc(C(=O)NCC(C)C)nn2)cc1. The van der Waals surface area contributed by atoms with Crippen molar-refractivity contribution in [3.8, 4) is 11.5 Å². The summed E-state index contributed by atoms with van der Waals surface area (Å²) in [5.74, 6) is 2.34. The molecule has 0 unspecified atom stereocenters. The fourth-order valence-electron chi connectivity index (χ4n) is 1.95. The number of rotatable bonds is 9. The lowest BCUT2D eigenvalue weighted by Crippen LogP contribution is -2.28. The first-order chi connectivity index (χ1) is 12.1. The van der Waals surface area contributed by atoms with Crippen molar-refractivity contribution in [2.75, 3.05) is 32.1 Å². The van der Waals surface area contributed by atoms with Gasteiger partial charge in [-0.2, -0.15) is 0 Å². The smallest absolute Gasteiger partial charge is 0.271 e. The molecule has 2 N–H and O–H groups in total. The first-order valence-corrected chi connectivity index (χ1v) is 8.21. The van der Waals surface area contributed by atoms with Crippen molar-refractivity contribution in [1.29, 1.82) is 0 Å². The summed E-state index contributed by atoms with van der Waals surface area (Å²) in [5.41, 5.74) is 0.306. The molecule has 1 aromatic heterocycles. The normalized spacial score (nSPS) is 10.4. The Labute approximate surface area is 147 Å². The lowest BCUT2D eigenvalue weighted by Gasteiger charge is -2.09. The van der Waals surface area contributed by atoms with E-state index in [-0.39, 0.29) is 5.91 Å². The second-order valence-electron chi connectivity index (χ2n) is 5.86. The number of hydrogen-bond acceptors (Lipinski definition) is 6. The standard InChI is InChI=1S/C18H24N4O3/c1-13(2)12-20-18(23)16-8-9-17(22-21-16)19-10-11-25-15-6-4-14(24-3)5-7-15/h4-9,13H,10-12H2,1-3H3,(H,19,22)(H,20,23). The van der Waals surface area contributed by atoms with Gasteiger partial charge < -0.3 is 20.1 Å². The largest absolute Gasteiger partial charge is 0.497 e. The minimum Gasteiger partial charge on any atom is -0.497 e. The highest BCUT2D eigenvalue weighted by atomic mass is 16.5. The zero-order valence-corrected chi connectivity index (χ0v) is 14.8. The van der Waals surface area contributed by atoms with Crippen LogP contribution in [0.25, 0.3) is 0 Å². The predicted octanol–water partition coefficient (Wildman–Crippen LogP) is 2.36. The molecule has 2 rings (SSSR count). The van der Waals surface area contributed by atoms with Gasteiger partial charge in [-0.05, 0) is 42.3 Å². The average Bonchev–Trinajstić information content (AvgIpc) is 2.64. The molecule has 0 radical (unpaired) electrons. The minimum atomic E-state index is -0.212. The molecule has 7 nitrogen and oxygen atoms in total. The van der Waals surface area contributed by atoms with Crippen LogP contribution in [0.5, 0.6) is 11.5 Å². The van der Waals surface area contributed by atoms with E-state index < -0.39 is 0 Å². The van der Waals surface area contributed by atoms with Gasteiger partial charge in [-0.1, -0.05) is 13.8 Å². The molecule has 0 saturated heterocycles. The molecule has 0 aliphatic heterocycles. The summed E-state index contributed by atoms with van der Waals surface area (Å²) < 4.78 is 10.7. The number of nitrogens with zero attached hydrogens (tertiary/aromatic N) is 2. The fourth-order valence-corrected chi connectivity index (χ4v) is 1.95. The molecule has 2 aromatic rings. The van der Waals surface area contributed by atoms with Gasteiger partial charge >= 0.3 is 0 Å². The van der Waals surface area contributed by atoms with E-state index in [1.807, 2.05) is 38.1 Å². The fraction of sp³-hybridized carbons (Fsp3) is 0.389. The topological polar surface area (TPSA) is 85.4 Å². The molecule has 1 amide bonds. The first kappa shape index (κ1) is 18.5. The van der Waals surface area contributed by atoms with Crippen LogP contribution in [0.1, 0.15) is 24.3 Å². The number of ether oxygens (including phenoxy) is 2. The molecule has 0 fully saturated rings. The number of amides is 1. The Morgan fingerprint density at radius 3 is 2.40 bits per heavy atom. The Morgan fingerprint density at radius 1 is 1.08 bits per heavy atom. The minimum absolute atomic E-state index is 0.212. The molecule has 25 heavy (non-hydrogen) atoms. The van der Waals surface area contributed by atoms with Gasteiger partial charge in [0.05, 0.1) is 13.7 Å². The second-order valence-corrected chi connectivity index (χ2v) is 5.86. The number of hydrogen-bond donors (Lipinski definition) is 2. The molecule has 0 aliphatic carbocycles. The van der Waals surface area contributed by atoms with Gasteiger partial charge in [-0.15, -0.1) is 10.2 Å². The van der Waals surface area contributed by atoms with Gasteiger partial charge in [0.25, 0.3) is 5.91 Å². The van der Waals surface area contributed by atoms with Gasteiger partial charge in [0.15, 0.2) is 5.69 Å². The molecule has 0 saturated carbocycles. The number of nitrogens with one attached hydrogen (secondary N) is 2. The van der Waals surface area contributed by atoms with Crippen LogP contribution in [0, 0.1) is 5.92 Å². The molecular weight excluding hydrogens is 320 g/mol. The van der Waals surface area contributed by atoms with E-state index in [2.05, 4.69) is 20.8 Å². The highest BCUT2D eigenvalue weighted by Gasteiger charge is 2.08. The summed E-state index contributed by atoms with van der Waals surface area (Å²) in [4.78, 5) is 11.9. The van der Waals surface area contributed by atoms with E-state index in [9.17, 15) is 4.79 Å². The van der Waals surface area contributed by atoms with Crippen molar-refractivity contribution in [2.24, 2.45) is 5.92 Å². The lowest BCUT2D eigenvalue weighted by molar-refractivity contribution is 0.0943. The van der Waals surface area contributed by atoms with Crippen molar-refractivity contribution in [1.82, 2.24) is 15.5 Å². The molecule has 1 heterocycles. The van der Waals surface area contributed by atoms with Crippen LogP contribution in [0.3, 0.4) is 0 Å².